The van der Waals surface area contributed by atoms with Crippen molar-refractivity contribution in [3.05, 3.63) is 58.1 Å². The van der Waals surface area contributed by atoms with Gasteiger partial charge in [-0.3, -0.25) is 14.4 Å². The Kier molecular flexibility index (Phi) is 8.64. The van der Waals surface area contributed by atoms with E-state index in [1.54, 1.807) is 6.07 Å². The number of rotatable bonds is 8. The molecular weight excluding hydrogens is 435 g/mol. The van der Waals surface area contributed by atoms with Crippen LogP contribution in [0.2, 0.25) is 10.0 Å². The molecule has 2 N–H and O–H groups in total. The van der Waals surface area contributed by atoms with Gasteiger partial charge in [0.1, 0.15) is 0 Å². The van der Waals surface area contributed by atoms with Crippen LogP contribution in [0.5, 0.6) is 0 Å². The molecule has 0 bridgehead atoms. The van der Waals surface area contributed by atoms with E-state index in [0.717, 1.165) is 0 Å². The van der Waals surface area contributed by atoms with Gasteiger partial charge in [-0.1, -0.05) is 23.2 Å². The second-order valence-electron chi connectivity index (χ2n) is 5.95. The summed E-state index contributed by atoms with van der Waals surface area (Å²) in [6.45, 7) is -0.504. The van der Waals surface area contributed by atoms with Gasteiger partial charge in [-0.25, -0.2) is 4.79 Å². The molecule has 0 aromatic heterocycles. The summed E-state index contributed by atoms with van der Waals surface area (Å²) >= 11 is 11.6. The number of halogens is 2. The predicted molar refractivity (Wildman–Crippen MR) is 112 cm³/mol. The van der Waals surface area contributed by atoms with E-state index in [2.05, 4.69) is 15.4 Å². The quantitative estimate of drug-likeness (QED) is 0.590. The van der Waals surface area contributed by atoms with Crippen LogP contribution in [0.3, 0.4) is 0 Å². The Bertz CT molecular complexity index is 947. The molecule has 0 atom stereocenters. The van der Waals surface area contributed by atoms with Crippen molar-refractivity contribution in [1.29, 1.82) is 0 Å². The monoisotopic (exact) mass is 452 g/mol. The fraction of sp³-hybridized carbons (Fsp3) is 0.200. The van der Waals surface area contributed by atoms with Crippen molar-refractivity contribution in [2.75, 3.05) is 24.4 Å². The van der Waals surface area contributed by atoms with E-state index in [1.807, 2.05) is 0 Å². The molecule has 0 spiro atoms. The normalized spacial score (nSPS) is 10.1. The topological polar surface area (TPSA) is 111 Å². The number of esters is 2. The van der Waals surface area contributed by atoms with Gasteiger partial charge in [-0.2, -0.15) is 0 Å². The zero-order chi connectivity index (χ0) is 22.1. The summed E-state index contributed by atoms with van der Waals surface area (Å²) in [5.41, 5.74) is 1.21. The lowest BCUT2D eigenvalue weighted by Crippen LogP contribution is -2.21. The fourth-order valence-corrected chi connectivity index (χ4v) is 2.53. The van der Waals surface area contributed by atoms with Crippen LogP contribution < -0.4 is 10.6 Å². The predicted octanol–water partition coefficient (Wildman–Crippen LogP) is 3.68. The van der Waals surface area contributed by atoms with Gasteiger partial charge in [0.25, 0.3) is 5.91 Å². The van der Waals surface area contributed by atoms with Crippen molar-refractivity contribution in [3.63, 3.8) is 0 Å². The van der Waals surface area contributed by atoms with E-state index in [9.17, 15) is 19.2 Å². The second kappa shape index (κ2) is 11.2. The summed E-state index contributed by atoms with van der Waals surface area (Å²) < 4.78 is 9.43. The van der Waals surface area contributed by atoms with Gasteiger partial charge >= 0.3 is 11.9 Å². The minimum Gasteiger partial charge on any atom is -0.465 e. The van der Waals surface area contributed by atoms with Crippen LogP contribution in [-0.2, 0) is 23.9 Å². The van der Waals surface area contributed by atoms with Gasteiger partial charge in [0.15, 0.2) is 6.61 Å². The number of ether oxygens (including phenoxy) is 2. The number of anilines is 2. The Labute approximate surface area is 182 Å². The molecule has 2 aromatic carbocycles. The molecule has 0 aliphatic heterocycles. The molecule has 2 rings (SSSR count). The summed E-state index contributed by atoms with van der Waals surface area (Å²) in [5, 5.41) is 5.72. The Morgan fingerprint density at radius 2 is 1.47 bits per heavy atom. The van der Waals surface area contributed by atoms with Crippen LogP contribution >= 0.6 is 23.2 Å². The molecule has 0 unspecified atom stereocenters. The number of nitrogens with one attached hydrogen (secondary N) is 2. The fourth-order valence-electron chi connectivity index (χ4n) is 2.24. The van der Waals surface area contributed by atoms with Crippen molar-refractivity contribution in [1.82, 2.24) is 0 Å². The van der Waals surface area contributed by atoms with Gasteiger partial charge in [0, 0.05) is 17.8 Å². The first-order chi connectivity index (χ1) is 14.3. The first kappa shape index (κ1) is 23.2. The molecule has 158 valence electrons. The molecule has 0 radical (unpaired) electrons. The lowest BCUT2D eigenvalue weighted by molar-refractivity contribution is -0.147. The van der Waals surface area contributed by atoms with Gasteiger partial charge < -0.3 is 20.1 Å². The van der Waals surface area contributed by atoms with Crippen LogP contribution in [0.1, 0.15) is 23.2 Å². The first-order valence-electron chi connectivity index (χ1n) is 8.67. The number of carbonyl (C=O) groups is 4. The van der Waals surface area contributed by atoms with Crippen LogP contribution in [0.4, 0.5) is 11.4 Å². The van der Waals surface area contributed by atoms with Gasteiger partial charge in [-0.05, 0) is 42.5 Å². The highest BCUT2D eigenvalue weighted by atomic mass is 35.5. The van der Waals surface area contributed by atoms with Crippen LogP contribution in [0.15, 0.2) is 42.5 Å². The van der Waals surface area contributed by atoms with Crippen LogP contribution in [0.25, 0.3) is 0 Å². The number of methoxy groups -OCH3 is 1. The highest BCUT2D eigenvalue weighted by Gasteiger charge is 2.12. The molecule has 10 heteroatoms. The number of hydrogen-bond acceptors (Lipinski definition) is 6. The highest BCUT2D eigenvalue weighted by Crippen LogP contribution is 2.24. The molecule has 30 heavy (non-hydrogen) atoms. The smallest absolute Gasteiger partial charge is 0.337 e. The molecular formula is C20H18Cl2N2O6. The standard InChI is InChI=1S/C20H18Cl2N2O6/c1-29-20(28)12-2-4-13(5-3-12)23-17(25)8-9-19(27)30-11-18(26)24-14-6-7-15(21)16(22)10-14/h2-7,10H,8-9,11H2,1H3,(H,23,25)(H,24,26). The van der Waals surface area contributed by atoms with Crippen LogP contribution in [0, 0.1) is 0 Å². The minimum atomic E-state index is -0.699. The molecule has 2 aromatic rings. The average molecular weight is 453 g/mol. The Morgan fingerprint density at radius 3 is 2.10 bits per heavy atom. The third-order valence-electron chi connectivity index (χ3n) is 3.71. The maximum atomic E-state index is 11.9. The average Bonchev–Trinajstić information content (AvgIpc) is 2.73. The Morgan fingerprint density at radius 1 is 0.833 bits per heavy atom. The lowest BCUT2D eigenvalue weighted by Gasteiger charge is -2.08. The SMILES string of the molecule is COC(=O)c1ccc(NC(=O)CCC(=O)OCC(=O)Nc2ccc(Cl)c(Cl)c2)cc1. The zero-order valence-corrected chi connectivity index (χ0v) is 17.4. The zero-order valence-electron chi connectivity index (χ0n) is 15.9. The number of carbonyl (C=O) groups excluding carboxylic acids is 4. The third-order valence-corrected chi connectivity index (χ3v) is 4.45. The number of benzene rings is 2. The largest absolute Gasteiger partial charge is 0.465 e. The Balaban J connectivity index is 1.70. The molecule has 0 fully saturated rings. The molecule has 0 aliphatic rings. The first-order valence-corrected chi connectivity index (χ1v) is 9.43. The van der Waals surface area contributed by atoms with E-state index in [-0.39, 0.29) is 17.9 Å². The molecule has 8 nitrogen and oxygen atoms in total. The number of hydrogen-bond donors (Lipinski definition) is 2. The van der Waals surface area contributed by atoms with Crippen molar-refractivity contribution >= 4 is 58.3 Å². The third kappa shape index (κ3) is 7.38. The van der Waals surface area contributed by atoms with Crippen molar-refractivity contribution in [2.45, 2.75) is 12.8 Å². The van der Waals surface area contributed by atoms with Gasteiger partial charge in [0.05, 0.1) is 29.1 Å². The van der Waals surface area contributed by atoms with Gasteiger partial charge in [-0.15, -0.1) is 0 Å². The lowest BCUT2D eigenvalue weighted by atomic mass is 10.2. The molecule has 0 aliphatic carbocycles. The summed E-state index contributed by atoms with van der Waals surface area (Å²) in [6.07, 6.45) is -0.335. The molecule has 0 saturated carbocycles. The second-order valence-corrected chi connectivity index (χ2v) is 6.77. The van der Waals surface area contributed by atoms with Crippen molar-refractivity contribution in [2.24, 2.45) is 0 Å². The molecule has 2 amide bonds. The van der Waals surface area contributed by atoms with E-state index >= 15 is 0 Å². The van der Waals surface area contributed by atoms with E-state index in [4.69, 9.17) is 27.9 Å². The van der Waals surface area contributed by atoms with Crippen molar-refractivity contribution < 1.29 is 28.7 Å². The molecule has 0 saturated heterocycles. The van der Waals surface area contributed by atoms with E-state index in [1.165, 1.54) is 43.5 Å². The van der Waals surface area contributed by atoms with E-state index < -0.39 is 30.4 Å². The maximum Gasteiger partial charge on any atom is 0.337 e. The maximum absolute atomic E-state index is 11.9. The van der Waals surface area contributed by atoms with Gasteiger partial charge in [0.2, 0.25) is 5.91 Å². The number of amides is 2. The summed E-state index contributed by atoms with van der Waals surface area (Å²) in [6, 6.07) is 10.6. The highest BCUT2D eigenvalue weighted by molar-refractivity contribution is 6.42. The summed E-state index contributed by atoms with van der Waals surface area (Å²) in [7, 11) is 1.27. The minimum absolute atomic E-state index is 0.133. The molecule has 0 heterocycles. The summed E-state index contributed by atoms with van der Waals surface area (Å²) in [4.78, 5) is 46.8. The van der Waals surface area contributed by atoms with E-state index in [0.29, 0.717) is 22.0 Å². The summed E-state index contributed by atoms with van der Waals surface area (Å²) in [5.74, 6) is -2.16. The Hall–Kier alpha value is -3.10. The van der Waals surface area contributed by atoms with Crippen molar-refractivity contribution in [3.8, 4) is 0 Å². The van der Waals surface area contributed by atoms with Crippen LogP contribution in [-0.4, -0.2) is 37.5 Å².